The van der Waals surface area contributed by atoms with Crippen LogP contribution in [0.1, 0.15) is 43.0 Å². The van der Waals surface area contributed by atoms with Gasteiger partial charge < -0.3 is 5.32 Å². The Kier molecular flexibility index (Phi) is 4.21. The Labute approximate surface area is 111 Å². The Bertz CT molecular complexity index is 399. The Morgan fingerprint density at radius 1 is 1.47 bits per heavy atom. The number of hydrogen-bond acceptors (Lipinski definition) is 1. The second kappa shape index (κ2) is 5.67. The maximum Gasteiger partial charge on any atom is 0.224 e. The fourth-order valence-electron chi connectivity index (χ4n) is 2.12. The molecule has 0 aliphatic heterocycles. The monoisotopic (exact) mass is 295 g/mol. The van der Waals surface area contributed by atoms with E-state index in [1.54, 1.807) is 0 Å². The highest BCUT2D eigenvalue weighted by Gasteiger charge is 2.21. The summed E-state index contributed by atoms with van der Waals surface area (Å²) in [6.45, 7) is 2.07. The molecule has 2 nitrogen and oxygen atoms in total. The zero-order valence-corrected chi connectivity index (χ0v) is 11.7. The van der Waals surface area contributed by atoms with Crippen LogP contribution in [0.25, 0.3) is 0 Å². The van der Waals surface area contributed by atoms with E-state index in [0.717, 1.165) is 11.3 Å². The average molecular weight is 296 g/mol. The lowest BCUT2D eigenvalue weighted by molar-refractivity contribution is -0.117. The first-order valence-corrected chi connectivity index (χ1v) is 7.11. The molecule has 2 rings (SSSR count). The van der Waals surface area contributed by atoms with Gasteiger partial charge in [-0.05, 0) is 37.3 Å². The normalized spacial score (nSPS) is 17.3. The number of rotatable bonds is 4. The summed E-state index contributed by atoms with van der Waals surface area (Å²) in [4.78, 5) is 12.1. The molecule has 0 heterocycles. The molecule has 1 fully saturated rings. The number of nitrogens with one attached hydrogen (secondary N) is 1. The smallest absolute Gasteiger partial charge is 0.224 e. The summed E-state index contributed by atoms with van der Waals surface area (Å²) in [7, 11) is 0. The summed E-state index contributed by atoms with van der Waals surface area (Å²) in [5.74, 6) is 0.763. The van der Waals surface area contributed by atoms with Gasteiger partial charge in [0.05, 0.1) is 0 Å². The highest BCUT2D eigenvalue weighted by atomic mass is 79.9. The maximum atomic E-state index is 11.9. The van der Waals surface area contributed by atoms with Gasteiger partial charge >= 0.3 is 0 Å². The molecule has 1 aromatic carbocycles. The predicted molar refractivity (Wildman–Crippen MR) is 74.4 cm³/mol. The van der Waals surface area contributed by atoms with E-state index >= 15 is 0 Å². The van der Waals surface area contributed by atoms with Crippen LogP contribution in [0, 0.1) is 5.92 Å². The molecule has 1 aliphatic rings. The molecule has 92 valence electrons. The molecule has 1 saturated carbocycles. The Hall–Kier alpha value is -0.830. The highest BCUT2D eigenvalue weighted by molar-refractivity contribution is 9.09. The van der Waals surface area contributed by atoms with Crippen LogP contribution in [-0.4, -0.2) is 5.91 Å². The second-order valence-corrected chi connectivity index (χ2v) is 6.13. The van der Waals surface area contributed by atoms with Crippen LogP contribution in [0.15, 0.2) is 24.3 Å². The van der Waals surface area contributed by atoms with Crippen molar-refractivity contribution < 1.29 is 4.79 Å². The third-order valence-corrected chi connectivity index (χ3v) is 3.86. The van der Waals surface area contributed by atoms with Gasteiger partial charge in [0, 0.05) is 16.9 Å². The number of carbonyl (C=O) groups is 1. The minimum atomic E-state index is 0.148. The lowest BCUT2D eigenvalue weighted by atomic mass is 9.83. The van der Waals surface area contributed by atoms with Crippen LogP contribution >= 0.6 is 15.9 Å². The van der Waals surface area contributed by atoms with Crippen LogP contribution < -0.4 is 5.32 Å². The molecular weight excluding hydrogens is 278 g/mol. The van der Waals surface area contributed by atoms with E-state index in [4.69, 9.17) is 0 Å². The number of amides is 1. The zero-order valence-electron chi connectivity index (χ0n) is 10.1. The van der Waals surface area contributed by atoms with E-state index in [1.807, 2.05) is 24.3 Å². The predicted octanol–water partition coefficient (Wildman–Crippen LogP) is 4.27. The quantitative estimate of drug-likeness (QED) is 0.826. The fourth-order valence-corrected chi connectivity index (χ4v) is 2.52. The molecule has 0 spiro atoms. The topological polar surface area (TPSA) is 29.1 Å². The number of para-hydroxylation sites is 1. The van der Waals surface area contributed by atoms with Gasteiger partial charge in [0.1, 0.15) is 0 Å². The molecule has 1 N–H and O–H groups in total. The van der Waals surface area contributed by atoms with Crippen LogP contribution in [0.5, 0.6) is 0 Å². The van der Waals surface area contributed by atoms with Crippen molar-refractivity contribution >= 4 is 27.5 Å². The van der Waals surface area contributed by atoms with E-state index in [0.29, 0.717) is 12.3 Å². The van der Waals surface area contributed by atoms with Crippen LogP contribution in [-0.2, 0) is 4.79 Å². The standard InChI is InChI=1S/C14H18BrNO/c1-10(15)12-7-2-3-8-13(12)16-14(17)9-11-5-4-6-11/h2-3,7-8,10-11H,4-6,9H2,1H3,(H,16,17). The third-order valence-electron chi connectivity index (χ3n) is 3.36. The van der Waals surface area contributed by atoms with Crippen LogP contribution in [0.2, 0.25) is 0 Å². The second-order valence-electron chi connectivity index (χ2n) is 4.75. The highest BCUT2D eigenvalue weighted by Crippen LogP contribution is 2.31. The van der Waals surface area contributed by atoms with Crippen molar-refractivity contribution in [2.24, 2.45) is 5.92 Å². The number of carbonyl (C=O) groups excluding carboxylic acids is 1. The first kappa shape index (κ1) is 12.6. The fraction of sp³-hybridized carbons (Fsp3) is 0.500. The first-order chi connectivity index (χ1) is 8.16. The van der Waals surface area contributed by atoms with Crippen LogP contribution in [0.4, 0.5) is 5.69 Å². The van der Waals surface area contributed by atoms with Crippen LogP contribution in [0.3, 0.4) is 0 Å². The molecule has 0 radical (unpaired) electrons. The molecule has 1 unspecified atom stereocenters. The molecule has 3 heteroatoms. The first-order valence-electron chi connectivity index (χ1n) is 6.19. The molecule has 17 heavy (non-hydrogen) atoms. The molecular formula is C14H18BrNO. The Balaban J connectivity index is 1.99. The van der Waals surface area contributed by atoms with Crippen molar-refractivity contribution in [2.75, 3.05) is 5.32 Å². The molecule has 1 aromatic rings. The number of hydrogen-bond donors (Lipinski definition) is 1. The number of alkyl halides is 1. The van der Waals surface area contributed by atoms with Crippen molar-refractivity contribution in [3.05, 3.63) is 29.8 Å². The molecule has 1 amide bonds. The molecule has 1 atom stereocenters. The summed E-state index contributed by atoms with van der Waals surface area (Å²) in [6, 6.07) is 7.96. The van der Waals surface area contributed by atoms with Crippen molar-refractivity contribution in [1.82, 2.24) is 0 Å². The van der Waals surface area contributed by atoms with Gasteiger partial charge in [-0.15, -0.1) is 0 Å². The van der Waals surface area contributed by atoms with Crippen molar-refractivity contribution in [3.8, 4) is 0 Å². The number of anilines is 1. The van der Waals surface area contributed by atoms with Gasteiger partial charge in [-0.25, -0.2) is 0 Å². The van der Waals surface area contributed by atoms with Gasteiger partial charge in [0.25, 0.3) is 0 Å². The van der Waals surface area contributed by atoms with Gasteiger partial charge in [0.2, 0.25) is 5.91 Å². The summed E-state index contributed by atoms with van der Waals surface area (Å²) >= 11 is 3.55. The zero-order chi connectivity index (χ0) is 12.3. The average Bonchev–Trinajstić information content (AvgIpc) is 2.24. The lowest BCUT2D eigenvalue weighted by Crippen LogP contribution is -2.21. The van der Waals surface area contributed by atoms with Crippen molar-refractivity contribution in [3.63, 3.8) is 0 Å². The minimum Gasteiger partial charge on any atom is -0.326 e. The van der Waals surface area contributed by atoms with E-state index in [1.165, 1.54) is 19.3 Å². The van der Waals surface area contributed by atoms with Gasteiger partial charge in [-0.3, -0.25) is 4.79 Å². The van der Waals surface area contributed by atoms with E-state index < -0.39 is 0 Å². The SMILES string of the molecule is CC(Br)c1ccccc1NC(=O)CC1CCC1. The van der Waals surface area contributed by atoms with E-state index in [2.05, 4.69) is 28.2 Å². The third kappa shape index (κ3) is 3.32. The number of halogens is 1. The number of benzene rings is 1. The molecule has 1 aliphatic carbocycles. The van der Waals surface area contributed by atoms with Gasteiger partial charge in [-0.2, -0.15) is 0 Å². The molecule has 0 bridgehead atoms. The van der Waals surface area contributed by atoms with Gasteiger partial charge in [0.15, 0.2) is 0 Å². The van der Waals surface area contributed by atoms with Crippen molar-refractivity contribution in [1.29, 1.82) is 0 Å². The Morgan fingerprint density at radius 2 is 2.18 bits per heavy atom. The van der Waals surface area contributed by atoms with Gasteiger partial charge in [-0.1, -0.05) is 40.5 Å². The summed E-state index contributed by atoms with van der Waals surface area (Å²) in [5.41, 5.74) is 2.07. The largest absolute Gasteiger partial charge is 0.326 e. The minimum absolute atomic E-state index is 0.148. The maximum absolute atomic E-state index is 11.9. The van der Waals surface area contributed by atoms with E-state index in [-0.39, 0.29) is 10.7 Å². The summed E-state index contributed by atoms with van der Waals surface area (Å²) in [5, 5.41) is 3.02. The lowest BCUT2D eigenvalue weighted by Gasteiger charge is -2.24. The molecule has 0 saturated heterocycles. The summed E-state index contributed by atoms with van der Waals surface area (Å²) < 4.78 is 0. The van der Waals surface area contributed by atoms with E-state index in [9.17, 15) is 4.79 Å². The summed E-state index contributed by atoms with van der Waals surface area (Å²) in [6.07, 6.45) is 4.38. The van der Waals surface area contributed by atoms with Crippen molar-refractivity contribution in [2.45, 2.75) is 37.4 Å². The Morgan fingerprint density at radius 3 is 2.76 bits per heavy atom. The molecule has 0 aromatic heterocycles.